The average molecular weight is 578 g/mol. The summed E-state index contributed by atoms with van der Waals surface area (Å²) in [4.78, 5) is 19.5. The van der Waals surface area contributed by atoms with Gasteiger partial charge in [-0.15, -0.1) is 6.10 Å². The van der Waals surface area contributed by atoms with Crippen molar-refractivity contribution in [3.05, 3.63) is 47.4 Å². The molecular weight excluding hydrogens is 545 g/mol. The quantitative estimate of drug-likeness (QED) is 0.335. The molecule has 1 heterocycles. The molecule has 0 aliphatic heterocycles. The van der Waals surface area contributed by atoms with Gasteiger partial charge in [0.1, 0.15) is 5.82 Å². The molecule has 10 nitrogen and oxygen atoms in total. The first-order valence-electron chi connectivity index (χ1n) is 11.6. The van der Waals surface area contributed by atoms with Crippen LogP contribution in [0.15, 0.2) is 30.3 Å². The Kier molecular flexibility index (Phi) is 12.8. The summed E-state index contributed by atoms with van der Waals surface area (Å²) in [6, 6.07) is 5.32. The third kappa shape index (κ3) is 10.1. The molecule has 2 rings (SSSR count). The minimum atomic E-state index is -4.03. The number of halogens is 1. The molecule has 2 aromatic rings. The molecule has 0 aliphatic rings. The Morgan fingerprint density at radius 3 is 2.29 bits per heavy atom. The van der Waals surface area contributed by atoms with Gasteiger partial charge >= 0.3 is 37.7 Å². The Morgan fingerprint density at radius 1 is 1.21 bits per heavy atom. The van der Waals surface area contributed by atoms with Crippen molar-refractivity contribution in [1.82, 2.24) is 9.97 Å². The molecule has 204 valence electrons. The van der Waals surface area contributed by atoms with Gasteiger partial charge in [0.15, 0.2) is 0 Å². The first-order valence-corrected chi connectivity index (χ1v) is 13.2. The van der Waals surface area contributed by atoms with Crippen LogP contribution in [0.2, 0.25) is 0 Å². The molecule has 0 spiro atoms. The van der Waals surface area contributed by atoms with Crippen LogP contribution < -0.4 is 14.5 Å². The van der Waals surface area contributed by atoms with Crippen molar-refractivity contribution in [2.45, 2.75) is 64.3 Å². The zero-order valence-electron chi connectivity index (χ0n) is 22.1. The molecule has 0 unspecified atom stereocenters. The molecule has 13 heteroatoms. The first-order chi connectivity index (χ1) is 17.0. The Labute approximate surface area is 252 Å². The third-order valence-corrected chi connectivity index (χ3v) is 7.32. The maximum atomic E-state index is 13.6. The van der Waals surface area contributed by atoms with Crippen molar-refractivity contribution in [2.24, 2.45) is 0 Å². The number of carbonyl (C=O) groups excluding carboxylic acids is 1. The van der Waals surface area contributed by atoms with Gasteiger partial charge in [-0.1, -0.05) is 26.0 Å². The second-order valence-corrected chi connectivity index (χ2v) is 11.7. The standard InChI is InChI=1S/C25H33FN3O7S.Ca/c1-15(2)22-20(11-10-18(30)12-19(31)13-21(32)33)23(16-6-8-17(26)9-7-16)28-24(27-22)29(5)37(35,36)14-25(3,4)34;/h6-11,15,18-19,31,34H,12-14H2,1-5H3,(H,32,33);/q-1;+2/p-1/b11-10+;/t18-,19-;/m1./s1. The molecule has 0 bridgehead atoms. The molecule has 0 saturated heterocycles. The largest absolute Gasteiger partial charge is 2.00 e. The van der Waals surface area contributed by atoms with Crippen LogP contribution in [0.5, 0.6) is 0 Å². The van der Waals surface area contributed by atoms with Crippen molar-refractivity contribution < 1.29 is 38.0 Å². The summed E-state index contributed by atoms with van der Waals surface area (Å²) in [5.41, 5.74) is -0.0692. The molecule has 2 atom stereocenters. The van der Waals surface area contributed by atoms with Crippen molar-refractivity contribution in [1.29, 1.82) is 0 Å². The molecule has 0 aliphatic carbocycles. The summed E-state index contributed by atoms with van der Waals surface area (Å²) in [5.74, 6) is -2.99. The minimum Gasteiger partial charge on any atom is -0.849 e. The van der Waals surface area contributed by atoms with Gasteiger partial charge in [0.2, 0.25) is 16.0 Å². The van der Waals surface area contributed by atoms with E-state index in [1.165, 1.54) is 57.3 Å². The van der Waals surface area contributed by atoms with E-state index in [4.69, 9.17) is 0 Å². The number of hydrogen-bond acceptors (Lipinski definition) is 9. The van der Waals surface area contributed by atoms with Crippen molar-refractivity contribution in [3.63, 3.8) is 0 Å². The van der Waals surface area contributed by atoms with Crippen molar-refractivity contribution >= 4 is 65.8 Å². The van der Waals surface area contributed by atoms with Gasteiger partial charge < -0.3 is 25.2 Å². The fraction of sp³-hybridized carbons (Fsp3) is 0.480. The summed E-state index contributed by atoms with van der Waals surface area (Å²) < 4.78 is 40.3. The zero-order valence-corrected chi connectivity index (χ0v) is 25.1. The van der Waals surface area contributed by atoms with E-state index >= 15 is 0 Å². The average Bonchev–Trinajstić information content (AvgIpc) is 2.74. The number of hydrogen-bond donors (Lipinski definition) is 2. The number of carboxylic acid groups (broad SMARTS) is 1. The summed E-state index contributed by atoms with van der Waals surface area (Å²) in [7, 11) is -2.77. The van der Waals surface area contributed by atoms with Gasteiger partial charge in [0, 0.05) is 30.6 Å². The number of aromatic nitrogens is 2. The third-order valence-electron chi connectivity index (χ3n) is 5.25. The molecule has 38 heavy (non-hydrogen) atoms. The van der Waals surface area contributed by atoms with E-state index in [-0.39, 0.29) is 61.7 Å². The number of aliphatic carboxylic acids is 1. The maximum Gasteiger partial charge on any atom is 2.00 e. The second kappa shape index (κ2) is 14.1. The summed E-state index contributed by atoms with van der Waals surface area (Å²) in [6.45, 7) is 6.34. The van der Waals surface area contributed by atoms with Crippen LogP contribution in [-0.2, 0) is 14.8 Å². The van der Waals surface area contributed by atoms with E-state index in [2.05, 4.69) is 9.97 Å². The Balaban J connectivity index is 0.00000722. The first kappa shape index (κ1) is 34.4. The molecule has 0 saturated carbocycles. The number of carboxylic acids is 1. The molecule has 0 amide bonds. The summed E-state index contributed by atoms with van der Waals surface area (Å²) in [6.07, 6.45) is -1.23. The molecular formula is C25H32CaFN3O7S. The number of rotatable bonds is 12. The molecule has 0 fully saturated rings. The van der Waals surface area contributed by atoms with Crippen LogP contribution in [0.25, 0.3) is 17.3 Å². The van der Waals surface area contributed by atoms with E-state index in [9.17, 15) is 38.0 Å². The number of nitrogens with zero attached hydrogens (tertiary/aromatic N) is 3. The van der Waals surface area contributed by atoms with Crippen LogP contribution in [-0.4, -0.2) is 103 Å². The van der Waals surface area contributed by atoms with Gasteiger partial charge in [-0.2, -0.15) is 0 Å². The summed E-state index contributed by atoms with van der Waals surface area (Å²) in [5, 5.41) is 42.9. The van der Waals surface area contributed by atoms with Crippen molar-refractivity contribution in [2.75, 3.05) is 17.1 Å². The monoisotopic (exact) mass is 577 g/mol. The van der Waals surface area contributed by atoms with E-state index in [1.54, 1.807) is 0 Å². The van der Waals surface area contributed by atoms with Crippen LogP contribution in [0.1, 0.15) is 57.7 Å². The normalized spacial score (nSPS) is 13.8. The maximum absolute atomic E-state index is 13.6. The van der Waals surface area contributed by atoms with Gasteiger partial charge in [-0.25, -0.2) is 27.1 Å². The van der Waals surface area contributed by atoms with Crippen LogP contribution in [0, 0.1) is 5.82 Å². The smallest absolute Gasteiger partial charge is 0.849 e. The van der Waals surface area contributed by atoms with E-state index in [0.29, 0.717) is 16.8 Å². The van der Waals surface area contributed by atoms with Crippen LogP contribution >= 0.6 is 0 Å². The predicted octanol–water partition coefficient (Wildman–Crippen LogP) is 0.195. The number of aliphatic hydroxyl groups is 2. The van der Waals surface area contributed by atoms with Gasteiger partial charge in [0.25, 0.3) is 0 Å². The molecule has 1 aromatic carbocycles. The Bertz CT molecular complexity index is 1230. The number of carbonyl (C=O) groups is 1. The van der Waals surface area contributed by atoms with Crippen LogP contribution in [0.3, 0.4) is 0 Å². The zero-order chi connectivity index (χ0) is 28.1. The minimum absolute atomic E-state index is 0. The van der Waals surface area contributed by atoms with Crippen LogP contribution in [0.4, 0.5) is 10.3 Å². The van der Waals surface area contributed by atoms with Gasteiger partial charge in [0.05, 0.1) is 28.8 Å². The Morgan fingerprint density at radius 2 is 1.79 bits per heavy atom. The topological polar surface area (TPSA) is 167 Å². The Hall–Kier alpha value is -1.67. The van der Waals surface area contributed by atoms with E-state index in [1.807, 2.05) is 13.8 Å². The van der Waals surface area contributed by atoms with Crippen molar-refractivity contribution in [3.8, 4) is 11.3 Å². The number of aliphatic hydroxyl groups excluding tert-OH is 1. The summed E-state index contributed by atoms with van der Waals surface area (Å²) >= 11 is 0. The molecule has 0 radical (unpaired) electrons. The SMILES string of the molecule is CC(C)c1nc(N(C)S(=O)(=O)CC(C)(C)O)nc(-c2ccc(F)cc2)c1/C=C/[C@@H]([O-])C[C@@H](O)CC(=O)[O-].[Ca+2]. The number of anilines is 1. The van der Waals surface area contributed by atoms with E-state index < -0.39 is 51.8 Å². The fourth-order valence-corrected chi connectivity index (χ4v) is 4.96. The van der Waals surface area contributed by atoms with Gasteiger partial charge in [-0.05, 0) is 50.5 Å². The van der Waals surface area contributed by atoms with Gasteiger partial charge in [-0.3, -0.25) is 0 Å². The predicted molar refractivity (Wildman–Crippen MR) is 139 cm³/mol. The fourth-order valence-electron chi connectivity index (χ4n) is 3.54. The number of benzene rings is 1. The second-order valence-electron chi connectivity index (χ2n) is 9.73. The molecule has 2 N–H and O–H groups in total. The number of sulfonamides is 1. The van der Waals surface area contributed by atoms with E-state index in [0.717, 1.165) is 4.31 Å². The molecule has 1 aromatic heterocycles.